The summed E-state index contributed by atoms with van der Waals surface area (Å²) in [5.74, 6) is 0.645. The fourth-order valence-corrected chi connectivity index (χ4v) is 3.37. The highest BCUT2D eigenvalue weighted by Gasteiger charge is 2.22. The van der Waals surface area contributed by atoms with Crippen LogP contribution in [0.2, 0.25) is 10.0 Å². The molecule has 4 nitrogen and oxygen atoms in total. The summed E-state index contributed by atoms with van der Waals surface area (Å²) in [4.78, 5) is 17.4. The van der Waals surface area contributed by atoms with Crippen molar-refractivity contribution in [3.05, 3.63) is 63.6 Å². The standard InChI is InChI=1S/C21H22Cl2FN3O/c1-12(2)11-25-21(28)13(3)27-19-10-17(23)16(22)9-18(19)26-20(27)8-14-4-6-15(24)7-5-14/h4-7,9-10,12-13H,8,11H2,1-3H3,(H,25,28). The Morgan fingerprint density at radius 3 is 2.43 bits per heavy atom. The van der Waals surface area contributed by atoms with Crippen molar-refractivity contribution >= 4 is 40.1 Å². The Morgan fingerprint density at radius 2 is 1.79 bits per heavy atom. The molecule has 0 saturated carbocycles. The van der Waals surface area contributed by atoms with Crippen LogP contribution in [-0.4, -0.2) is 22.0 Å². The molecule has 0 aliphatic rings. The summed E-state index contributed by atoms with van der Waals surface area (Å²) in [5, 5.41) is 3.77. The molecular weight excluding hydrogens is 400 g/mol. The molecule has 3 aromatic rings. The Hall–Kier alpha value is -2.11. The van der Waals surface area contributed by atoms with E-state index >= 15 is 0 Å². The largest absolute Gasteiger partial charge is 0.354 e. The van der Waals surface area contributed by atoms with Crippen molar-refractivity contribution in [2.75, 3.05) is 6.54 Å². The molecule has 7 heteroatoms. The minimum atomic E-state index is -0.489. The van der Waals surface area contributed by atoms with Crippen LogP contribution >= 0.6 is 23.2 Å². The van der Waals surface area contributed by atoms with Gasteiger partial charge in [-0.25, -0.2) is 9.37 Å². The van der Waals surface area contributed by atoms with Gasteiger partial charge in [0.25, 0.3) is 0 Å². The van der Waals surface area contributed by atoms with Gasteiger partial charge in [-0.2, -0.15) is 0 Å². The lowest BCUT2D eigenvalue weighted by atomic mass is 10.1. The van der Waals surface area contributed by atoms with Gasteiger partial charge in [0, 0.05) is 13.0 Å². The van der Waals surface area contributed by atoms with Crippen molar-refractivity contribution in [1.29, 1.82) is 0 Å². The van der Waals surface area contributed by atoms with Crippen LogP contribution in [-0.2, 0) is 11.2 Å². The van der Waals surface area contributed by atoms with Gasteiger partial charge in [-0.05, 0) is 42.7 Å². The molecule has 0 aliphatic carbocycles. The SMILES string of the molecule is CC(C)CNC(=O)C(C)n1c(Cc2ccc(F)cc2)nc2cc(Cl)c(Cl)cc21. The number of aromatic nitrogens is 2. The first-order chi connectivity index (χ1) is 13.3. The maximum atomic E-state index is 13.2. The third kappa shape index (κ3) is 4.47. The number of hydrogen-bond donors (Lipinski definition) is 1. The number of benzene rings is 2. The minimum Gasteiger partial charge on any atom is -0.354 e. The molecule has 148 valence electrons. The number of halogens is 3. The number of imidazole rings is 1. The second-order valence-electron chi connectivity index (χ2n) is 7.27. The number of carbonyl (C=O) groups excluding carboxylic acids is 1. The lowest BCUT2D eigenvalue weighted by Gasteiger charge is -2.18. The third-order valence-corrected chi connectivity index (χ3v) is 5.25. The van der Waals surface area contributed by atoms with Gasteiger partial charge in [0.2, 0.25) is 5.91 Å². The van der Waals surface area contributed by atoms with Gasteiger partial charge in [-0.1, -0.05) is 49.2 Å². The fourth-order valence-electron chi connectivity index (χ4n) is 3.05. The third-order valence-electron chi connectivity index (χ3n) is 4.53. The summed E-state index contributed by atoms with van der Waals surface area (Å²) in [6.07, 6.45) is 0.450. The lowest BCUT2D eigenvalue weighted by Crippen LogP contribution is -2.34. The molecule has 1 aromatic heterocycles. The Balaban J connectivity index is 2.04. The second-order valence-corrected chi connectivity index (χ2v) is 8.09. The van der Waals surface area contributed by atoms with Gasteiger partial charge in [0.15, 0.2) is 0 Å². The van der Waals surface area contributed by atoms with Gasteiger partial charge in [-0.3, -0.25) is 4.79 Å². The van der Waals surface area contributed by atoms with Crippen LogP contribution in [0.4, 0.5) is 4.39 Å². The van der Waals surface area contributed by atoms with E-state index in [4.69, 9.17) is 23.2 Å². The van der Waals surface area contributed by atoms with E-state index in [-0.39, 0.29) is 11.7 Å². The van der Waals surface area contributed by atoms with E-state index in [0.29, 0.717) is 40.3 Å². The summed E-state index contributed by atoms with van der Waals surface area (Å²) in [6, 6.07) is 9.18. The normalized spacial score (nSPS) is 12.5. The molecule has 0 fully saturated rings. The molecule has 3 rings (SSSR count). The van der Waals surface area contributed by atoms with Gasteiger partial charge in [0.1, 0.15) is 17.7 Å². The Kier molecular flexibility index (Phi) is 6.26. The number of nitrogens with zero attached hydrogens (tertiary/aromatic N) is 2. The summed E-state index contributed by atoms with van der Waals surface area (Å²) < 4.78 is 15.1. The van der Waals surface area contributed by atoms with Crippen molar-refractivity contribution in [3.63, 3.8) is 0 Å². The van der Waals surface area contributed by atoms with Crippen LogP contribution in [0.5, 0.6) is 0 Å². The number of hydrogen-bond acceptors (Lipinski definition) is 2. The van der Waals surface area contributed by atoms with E-state index in [1.807, 2.05) is 25.3 Å². The fraction of sp³-hybridized carbons (Fsp3) is 0.333. The highest BCUT2D eigenvalue weighted by atomic mass is 35.5. The lowest BCUT2D eigenvalue weighted by molar-refractivity contribution is -0.124. The zero-order valence-electron chi connectivity index (χ0n) is 16.0. The van der Waals surface area contributed by atoms with Gasteiger partial charge in [0.05, 0.1) is 21.1 Å². The predicted octanol–water partition coefficient (Wildman–Crippen LogP) is 5.41. The average Bonchev–Trinajstić information content (AvgIpc) is 2.98. The summed E-state index contributed by atoms with van der Waals surface area (Å²) in [6.45, 7) is 6.50. The molecule has 1 atom stereocenters. The predicted molar refractivity (Wildman–Crippen MR) is 112 cm³/mol. The van der Waals surface area contributed by atoms with Gasteiger partial charge < -0.3 is 9.88 Å². The van der Waals surface area contributed by atoms with E-state index in [1.54, 1.807) is 24.3 Å². The average molecular weight is 422 g/mol. The molecule has 28 heavy (non-hydrogen) atoms. The molecule has 1 unspecified atom stereocenters. The Bertz CT molecular complexity index is 999. The van der Waals surface area contributed by atoms with Crippen LogP contribution in [0.3, 0.4) is 0 Å². The highest BCUT2D eigenvalue weighted by Crippen LogP contribution is 2.31. The van der Waals surface area contributed by atoms with E-state index in [9.17, 15) is 9.18 Å². The van der Waals surface area contributed by atoms with Crippen molar-refractivity contribution in [2.24, 2.45) is 5.92 Å². The number of rotatable bonds is 6. The maximum absolute atomic E-state index is 13.2. The van der Waals surface area contributed by atoms with Crippen LogP contribution < -0.4 is 5.32 Å². The summed E-state index contributed by atoms with van der Waals surface area (Å²) in [5.41, 5.74) is 2.29. The van der Waals surface area contributed by atoms with Crippen LogP contribution in [0, 0.1) is 11.7 Å². The molecule has 0 radical (unpaired) electrons. The molecule has 1 N–H and O–H groups in total. The monoisotopic (exact) mass is 421 g/mol. The molecule has 0 saturated heterocycles. The minimum absolute atomic E-state index is 0.0978. The van der Waals surface area contributed by atoms with Crippen LogP contribution in [0.1, 0.15) is 38.2 Å². The zero-order valence-corrected chi connectivity index (χ0v) is 17.5. The first-order valence-electron chi connectivity index (χ1n) is 9.14. The van der Waals surface area contributed by atoms with Crippen molar-refractivity contribution < 1.29 is 9.18 Å². The summed E-state index contributed by atoms with van der Waals surface area (Å²) >= 11 is 12.4. The molecule has 1 heterocycles. The first kappa shape index (κ1) is 20.6. The molecule has 0 aliphatic heterocycles. The summed E-state index contributed by atoms with van der Waals surface area (Å²) in [7, 11) is 0. The van der Waals surface area contributed by atoms with Crippen molar-refractivity contribution in [1.82, 2.24) is 14.9 Å². The molecule has 2 aromatic carbocycles. The van der Waals surface area contributed by atoms with Crippen molar-refractivity contribution in [2.45, 2.75) is 33.2 Å². The number of amides is 1. The number of fused-ring (bicyclic) bond motifs is 1. The first-order valence-corrected chi connectivity index (χ1v) is 9.90. The Morgan fingerprint density at radius 1 is 1.14 bits per heavy atom. The van der Waals surface area contributed by atoms with Gasteiger partial charge in [-0.15, -0.1) is 0 Å². The van der Waals surface area contributed by atoms with Gasteiger partial charge >= 0.3 is 0 Å². The Labute approximate surface area is 173 Å². The van der Waals surface area contributed by atoms with E-state index in [0.717, 1.165) is 11.1 Å². The zero-order chi connectivity index (χ0) is 20.4. The molecule has 1 amide bonds. The van der Waals surface area contributed by atoms with Crippen LogP contribution in [0.15, 0.2) is 36.4 Å². The quantitative estimate of drug-likeness (QED) is 0.578. The molecule has 0 spiro atoms. The smallest absolute Gasteiger partial charge is 0.242 e. The maximum Gasteiger partial charge on any atom is 0.242 e. The van der Waals surface area contributed by atoms with Crippen molar-refractivity contribution in [3.8, 4) is 0 Å². The molecule has 0 bridgehead atoms. The van der Waals surface area contributed by atoms with E-state index in [1.165, 1.54) is 12.1 Å². The van der Waals surface area contributed by atoms with Crippen LogP contribution in [0.25, 0.3) is 11.0 Å². The number of carbonyl (C=O) groups is 1. The van der Waals surface area contributed by atoms with E-state index in [2.05, 4.69) is 10.3 Å². The molecular formula is C21H22Cl2FN3O. The second kappa shape index (κ2) is 8.50. The highest BCUT2D eigenvalue weighted by molar-refractivity contribution is 6.42. The number of nitrogens with one attached hydrogen (secondary N) is 1. The van der Waals surface area contributed by atoms with E-state index < -0.39 is 6.04 Å². The topological polar surface area (TPSA) is 46.9 Å².